The Hall–Kier alpha value is -2.47. The number of rotatable bonds is 7. The molecule has 1 aromatic carbocycles. The van der Waals surface area contributed by atoms with Gasteiger partial charge in [-0.2, -0.15) is 0 Å². The summed E-state index contributed by atoms with van der Waals surface area (Å²) in [5.41, 5.74) is 2.14. The monoisotopic (exact) mass is 328 g/mol. The zero-order valence-corrected chi connectivity index (χ0v) is 14.5. The lowest BCUT2D eigenvalue weighted by Gasteiger charge is -2.18. The topological polar surface area (TPSA) is 67.2 Å². The van der Waals surface area contributed by atoms with Crippen LogP contribution in [0.5, 0.6) is 0 Å². The van der Waals surface area contributed by atoms with Crippen molar-refractivity contribution in [1.82, 2.24) is 19.8 Å². The number of hydrogen-bond donors (Lipinski definition) is 1. The van der Waals surface area contributed by atoms with Gasteiger partial charge in [0.15, 0.2) is 0 Å². The predicted octanol–water partition coefficient (Wildman–Crippen LogP) is 1.55. The van der Waals surface area contributed by atoms with Crippen LogP contribution in [0.1, 0.15) is 35.5 Å². The van der Waals surface area contributed by atoms with Gasteiger partial charge in [-0.15, -0.1) is 0 Å². The quantitative estimate of drug-likeness (QED) is 0.837. The molecule has 0 aliphatic carbocycles. The molecule has 24 heavy (non-hydrogen) atoms. The van der Waals surface area contributed by atoms with E-state index in [1.807, 2.05) is 12.1 Å². The highest BCUT2D eigenvalue weighted by Gasteiger charge is 2.08. The molecular formula is C18H24N4O2. The van der Waals surface area contributed by atoms with Gasteiger partial charge in [0.25, 0.3) is 11.5 Å². The molecule has 1 heterocycles. The average Bonchev–Trinajstić information content (AvgIpc) is 2.61. The SMILES string of the molecule is CCN(CC)Cc1ccc(CNC(=O)c2cc(=O)n(C)cn2)cc1. The Labute approximate surface area is 142 Å². The standard InChI is InChI=1S/C18H24N4O2/c1-4-22(5-2)12-15-8-6-14(7-9-15)11-19-18(24)16-10-17(23)21(3)13-20-16/h6-10,13H,4-5,11-12H2,1-3H3,(H,19,24). The van der Waals surface area contributed by atoms with Gasteiger partial charge in [-0.05, 0) is 24.2 Å². The van der Waals surface area contributed by atoms with Gasteiger partial charge in [0.2, 0.25) is 0 Å². The zero-order valence-electron chi connectivity index (χ0n) is 14.5. The highest BCUT2D eigenvalue weighted by Crippen LogP contribution is 2.07. The molecule has 0 spiro atoms. The Kier molecular flexibility index (Phi) is 6.26. The molecule has 1 amide bonds. The molecule has 2 rings (SSSR count). The van der Waals surface area contributed by atoms with E-state index in [0.29, 0.717) is 6.54 Å². The van der Waals surface area contributed by atoms with E-state index in [4.69, 9.17) is 0 Å². The smallest absolute Gasteiger partial charge is 0.270 e. The molecular weight excluding hydrogens is 304 g/mol. The lowest BCUT2D eigenvalue weighted by atomic mass is 10.1. The molecule has 0 bridgehead atoms. The summed E-state index contributed by atoms with van der Waals surface area (Å²) in [6, 6.07) is 9.42. The fraction of sp³-hybridized carbons (Fsp3) is 0.389. The minimum atomic E-state index is -0.347. The molecule has 0 atom stereocenters. The molecule has 1 N–H and O–H groups in total. The highest BCUT2D eigenvalue weighted by molar-refractivity contribution is 5.91. The first-order valence-electron chi connectivity index (χ1n) is 8.14. The second kappa shape index (κ2) is 8.40. The molecule has 6 nitrogen and oxygen atoms in total. The van der Waals surface area contributed by atoms with Gasteiger partial charge < -0.3 is 9.88 Å². The maximum absolute atomic E-state index is 12.0. The minimum absolute atomic E-state index is 0.135. The van der Waals surface area contributed by atoms with Crippen LogP contribution >= 0.6 is 0 Å². The molecule has 0 unspecified atom stereocenters. The highest BCUT2D eigenvalue weighted by atomic mass is 16.2. The summed E-state index contributed by atoms with van der Waals surface area (Å²) >= 11 is 0. The van der Waals surface area contributed by atoms with E-state index in [1.165, 1.54) is 22.5 Å². The Balaban J connectivity index is 1.93. The van der Waals surface area contributed by atoms with Crippen molar-refractivity contribution in [3.8, 4) is 0 Å². The van der Waals surface area contributed by atoms with Crippen LogP contribution in [0.2, 0.25) is 0 Å². The lowest BCUT2D eigenvalue weighted by molar-refractivity contribution is 0.0945. The largest absolute Gasteiger partial charge is 0.347 e. The van der Waals surface area contributed by atoms with Crippen LogP contribution in [0, 0.1) is 0 Å². The van der Waals surface area contributed by atoms with Crippen molar-refractivity contribution < 1.29 is 4.79 Å². The van der Waals surface area contributed by atoms with Gasteiger partial charge in [0, 0.05) is 26.2 Å². The van der Waals surface area contributed by atoms with E-state index in [0.717, 1.165) is 25.2 Å². The van der Waals surface area contributed by atoms with E-state index in [9.17, 15) is 9.59 Å². The molecule has 0 saturated heterocycles. The Morgan fingerprint density at radius 3 is 2.38 bits per heavy atom. The van der Waals surface area contributed by atoms with E-state index in [2.05, 4.69) is 41.2 Å². The van der Waals surface area contributed by atoms with E-state index < -0.39 is 0 Å². The number of nitrogens with one attached hydrogen (secondary N) is 1. The molecule has 128 valence electrons. The molecule has 0 fully saturated rings. The van der Waals surface area contributed by atoms with Crippen LogP contribution in [-0.2, 0) is 20.1 Å². The van der Waals surface area contributed by atoms with E-state index in [-0.39, 0.29) is 17.2 Å². The van der Waals surface area contributed by atoms with Crippen molar-refractivity contribution in [2.75, 3.05) is 13.1 Å². The van der Waals surface area contributed by atoms with Crippen LogP contribution in [0.4, 0.5) is 0 Å². The number of aryl methyl sites for hydroxylation is 1. The third-order valence-corrected chi connectivity index (χ3v) is 3.99. The fourth-order valence-electron chi connectivity index (χ4n) is 2.33. The third-order valence-electron chi connectivity index (χ3n) is 3.99. The first kappa shape index (κ1) is 17.9. The Bertz CT molecular complexity index is 733. The van der Waals surface area contributed by atoms with Crippen LogP contribution in [0.25, 0.3) is 0 Å². The first-order valence-corrected chi connectivity index (χ1v) is 8.14. The van der Waals surface area contributed by atoms with Gasteiger partial charge in [0.1, 0.15) is 5.69 Å². The fourth-order valence-corrected chi connectivity index (χ4v) is 2.33. The molecule has 0 saturated carbocycles. The number of aromatic nitrogens is 2. The van der Waals surface area contributed by atoms with Crippen LogP contribution < -0.4 is 10.9 Å². The maximum Gasteiger partial charge on any atom is 0.270 e. The summed E-state index contributed by atoms with van der Waals surface area (Å²) in [4.78, 5) is 29.9. The van der Waals surface area contributed by atoms with Crippen molar-refractivity contribution in [3.63, 3.8) is 0 Å². The molecule has 0 aliphatic heterocycles. The number of carbonyl (C=O) groups excluding carboxylic acids is 1. The van der Waals surface area contributed by atoms with Crippen LogP contribution in [-0.4, -0.2) is 33.4 Å². The number of carbonyl (C=O) groups is 1. The minimum Gasteiger partial charge on any atom is -0.347 e. The summed E-state index contributed by atoms with van der Waals surface area (Å²) in [6.45, 7) is 7.69. The summed E-state index contributed by atoms with van der Waals surface area (Å²) in [7, 11) is 1.59. The van der Waals surface area contributed by atoms with Crippen LogP contribution in [0.15, 0.2) is 41.5 Å². The van der Waals surface area contributed by atoms with Gasteiger partial charge in [-0.1, -0.05) is 38.1 Å². The number of nitrogens with zero attached hydrogens (tertiary/aromatic N) is 3. The summed E-state index contributed by atoms with van der Waals surface area (Å²) in [5, 5.41) is 2.78. The normalized spacial score (nSPS) is 10.8. The second-order valence-electron chi connectivity index (χ2n) is 5.68. The van der Waals surface area contributed by atoms with E-state index in [1.54, 1.807) is 7.05 Å². The Morgan fingerprint density at radius 1 is 1.17 bits per heavy atom. The lowest BCUT2D eigenvalue weighted by Crippen LogP contribution is -2.27. The average molecular weight is 328 g/mol. The molecule has 0 radical (unpaired) electrons. The third kappa shape index (κ3) is 4.76. The first-order chi connectivity index (χ1) is 11.5. The van der Waals surface area contributed by atoms with Crippen molar-refractivity contribution in [1.29, 1.82) is 0 Å². The van der Waals surface area contributed by atoms with Gasteiger partial charge in [-0.3, -0.25) is 14.5 Å². The molecule has 2 aromatic rings. The molecule has 6 heteroatoms. The van der Waals surface area contributed by atoms with Crippen LogP contribution in [0.3, 0.4) is 0 Å². The number of amides is 1. The van der Waals surface area contributed by atoms with Gasteiger partial charge in [0.05, 0.1) is 6.33 Å². The summed E-state index contributed by atoms with van der Waals surface area (Å²) < 4.78 is 1.32. The van der Waals surface area contributed by atoms with Crippen molar-refractivity contribution >= 4 is 5.91 Å². The Morgan fingerprint density at radius 2 is 1.79 bits per heavy atom. The number of benzene rings is 1. The van der Waals surface area contributed by atoms with Crippen molar-refractivity contribution in [3.05, 3.63) is 63.8 Å². The van der Waals surface area contributed by atoms with Crippen molar-refractivity contribution in [2.24, 2.45) is 7.05 Å². The second-order valence-corrected chi connectivity index (χ2v) is 5.68. The molecule has 1 aromatic heterocycles. The van der Waals surface area contributed by atoms with Gasteiger partial charge >= 0.3 is 0 Å². The summed E-state index contributed by atoms with van der Waals surface area (Å²) in [5.74, 6) is -0.347. The predicted molar refractivity (Wildman–Crippen MR) is 93.7 cm³/mol. The van der Waals surface area contributed by atoms with E-state index >= 15 is 0 Å². The zero-order chi connectivity index (χ0) is 17.5. The molecule has 0 aliphatic rings. The van der Waals surface area contributed by atoms with Crippen molar-refractivity contribution in [2.45, 2.75) is 26.9 Å². The van der Waals surface area contributed by atoms with Gasteiger partial charge in [-0.25, -0.2) is 4.98 Å². The maximum atomic E-state index is 12.0. The number of hydrogen-bond acceptors (Lipinski definition) is 4. The summed E-state index contributed by atoms with van der Waals surface area (Å²) in [6.07, 6.45) is 1.35.